The lowest BCUT2D eigenvalue weighted by atomic mass is 10.3. The first kappa shape index (κ1) is 19.5. The summed E-state index contributed by atoms with van der Waals surface area (Å²) in [7, 11) is 0. The number of nitrogens with one attached hydrogen (secondary N) is 1. The van der Waals surface area contributed by atoms with Crippen LogP contribution in [-0.2, 0) is 9.53 Å². The van der Waals surface area contributed by atoms with Crippen LogP contribution in [-0.4, -0.2) is 56.2 Å². The quantitative estimate of drug-likeness (QED) is 0.316. The number of ether oxygens (including phenoxy) is 2. The normalized spacial score (nSPS) is 14.8. The molecule has 0 spiro atoms. The van der Waals surface area contributed by atoms with Gasteiger partial charge in [0.05, 0.1) is 19.8 Å². The number of rotatable bonds is 5. The van der Waals surface area contributed by atoms with E-state index in [1.54, 1.807) is 6.07 Å². The Balaban J connectivity index is 0.00000264. The molecule has 0 bridgehead atoms. The molecule has 2 rings (SSSR count). The third kappa shape index (κ3) is 7.04. The number of anilines is 1. The van der Waals surface area contributed by atoms with E-state index >= 15 is 0 Å². The zero-order valence-corrected chi connectivity index (χ0v) is 15.5. The van der Waals surface area contributed by atoms with E-state index in [4.69, 9.17) is 15.2 Å². The van der Waals surface area contributed by atoms with Crippen LogP contribution in [0.5, 0.6) is 5.75 Å². The van der Waals surface area contributed by atoms with Crippen LogP contribution in [0.3, 0.4) is 0 Å². The average molecular weight is 434 g/mol. The van der Waals surface area contributed by atoms with E-state index in [9.17, 15) is 4.79 Å². The van der Waals surface area contributed by atoms with Crippen LogP contribution in [0.25, 0.3) is 0 Å². The van der Waals surface area contributed by atoms with Gasteiger partial charge in [0.2, 0.25) is 5.91 Å². The predicted octanol–water partition coefficient (Wildman–Crippen LogP) is 1.29. The first-order valence-corrected chi connectivity index (χ1v) is 7.28. The molecule has 0 aliphatic carbocycles. The van der Waals surface area contributed by atoms with Crippen molar-refractivity contribution in [3.05, 3.63) is 24.3 Å². The lowest BCUT2D eigenvalue weighted by Crippen LogP contribution is -2.45. The minimum Gasteiger partial charge on any atom is -0.492 e. The van der Waals surface area contributed by atoms with Gasteiger partial charge in [-0.1, -0.05) is 6.07 Å². The van der Waals surface area contributed by atoms with Crippen LogP contribution < -0.4 is 15.8 Å². The number of guanidine groups is 1. The molecule has 0 atom stereocenters. The summed E-state index contributed by atoms with van der Waals surface area (Å²) in [5.41, 5.74) is 6.63. The number of nitrogens with two attached hydrogens (primary N) is 1. The molecule has 23 heavy (non-hydrogen) atoms. The Bertz CT molecular complexity index is 533. The summed E-state index contributed by atoms with van der Waals surface area (Å²) in [4.78, 5) is 17.3. The fraction of sp³-hybridized carbons (Fsp3) is 0.467. The average Bonchev–Trinajstić information content (AvgIpc) is 2.52. The molecule has 0 saturated carbocycles. The number of morpholine rings is 1. The van der Waals surface area contributed by atoms with E-state index in [1.165, 1.54) is 6.92 Å². The number of carbonyl (C=O) groups is 1. The summed E-state index contributed by atoms with van der Waals surface area (Å²) in [5, 5.41) is 2.71. The van der Waals surface area contributed by atoms with E-state index in [2.05, 4.69) is 10.3 Å². The van der Waals surface area contributed by atoms with Gasteiger partial charge >= 0.3 is 0 Å². The topological polar surface area (TPSA) is 89.2 Å². The summed E-state index contributed by atoms with van der Waals surface area (Å²) in [6, 6.07) is 7.24. The molecule has 0 aromatic heterocycles. The minimum absolute atomic E-state index is 0. The van der Waals surface area contributed by atoms with E-state index < -0.39 is 0 Å². The van der Waals surface area contributed by atoms with Crippen molar-refractivity contribution in [2.45, 2.75) is 6.92 Å². The Morgan fingerprint density at radius 1 is 1.43 bits per heavy atom. The number of nitrogens with zero attached hydrogens (tertiary/aromatic N) is 2. The van der Waals surface area contributed by atoms with Crippen LogP contribution in [0.2, 0.25) is 0 Å². The van der Waals surface area contributed by atoms with E-state index in [1.807, 2.05) is 23.1 Å². The molecule has 1 fully saturated rings. The van der Waals surface area contributed by atoms with Crippen LogP contribution in [0.1, 0.15) is 6.92 Å². The summed E-state index contributed by atoms with van der Waals surface area (Å²) in [6.07, 6.45) is 0. The second-order valence-electron chi connectivity index (χ2n) is 4.90. The molecule has 0 radical (unpaired) electrons. The fourth-order valence-electron chi connectivity index (χ4n) is 2.08. The molecule has 1 aliphatic rings. The highest BCUT2D eigenvalue weighted by molar-refractivity contribution is 14.0. The highest BCUT2D eigenvalue weighted by atomic mass is 127. The molecule has 0 unspecified atom stereocenters. The van der Waals surface area contributed by atoms with Gasteiger partial charge in [0.25, 0.3) is 0 Å². The van der Waals surface area contributed by atoms with Crippen LogP contribution in [0.4, 0.5) is 5.69 Å². The van der Waals surface area contributed by atoms with Gasteiger partial charge in [-0.05, 0) is 12.1 Å². The van der Waals surface area contributed by atoms with E-state index in [0.717, 1.165) is 13.1 Å². The second kappa shape index (κ2) is 10.3. The maximum absolute atomic E-state index is 11.0. The Hall–Kier alpha value is -1.55. The first-order chi connectivity index (χ1) is 10.6. The fourth-order valence-corrected chi connectivity index (χ4v) is 2.08. The largest absolute Gasteiger partial charge is 0.492 e. The lowest BCUT2D eigenvalue weighted by Gasteiger charge is -2.27. The molecule has 1 aromatic rings. The highest BCUT2D eigenvalue weighted by Gasteiger charge is 2.11. The first-order valence-electron chi connectivity index (χ1n) is 7.28. The van der Waals surface area contributed by atoms with Crippen LogP contribution >= 0.6 is 24.0 Å². The molecule has 7 nitrogen and oxygen atoms in total. The molecular weight excluding hydrogens is 411 g/mol. The van der Waals surface area contributed by atoms with Crippen molar-refractivity contribution >= 4 is 41.5 Å². The van der Waals surface area contributed by atoms with Gasteiger partial charge in [0, 0.05) is 31.8 Å². The van der Waals surface area contributed by atoms with Crippen molar-refractivity contribution in [3.63, 3.8) is 0 Å². The van der Waals surface area contributed by atoms with Gasteiger partial charge in [0.1, 0.15) is 12.4 Å². The van der Waals surface area contributed by atoms with Crippen molar-refractivity contribution in [1.29, 1.82) is 0 Å². The molecule has 1 heterocycles. The monoisotopic (exact) mass is 434 g/mol. The van der Waals surface area contributed by atoms with Gasteiger partial charge in [0.15, 0.2) is 5.96 Å². The number of hydrogen-bond donors (Lipinski definition) is 2. The summed E-state index contributed by atoms with van der Waals surface area (Å²) < 4.78 is 10.9. The van der Waals surface area contributed by atoms with Crippen LogP contribution in [0, 0.1) is 0 Å². The Morgan fingerprint density at radius 3 is 2.87 bits per heavy atom. The summed E-state index contributed by atoms with van der Waals surface area (Å²) in [5.74, 6) is 1.10. The smallest absolute Gasteiger partial charge is 0.221 e. The Kier molecular flexibility index (Phi) is 8.70. The van der Waals surface area contributed by atoms with Crippen molar-refractivity contribution in [2.24, 2.45) is 10.7 Å². The number of aliphatic imine (C=N–C) groups is 1. The molecular formula is C15H23IN4O3. The van der Waals surface area contributed by atoms with Crippen molar-refractivity contribution in [1.82, 2.24) is 4.90 Å². The SMILES string of the molecule is CC(=O)Nc1cccc(OCCN=C(N)N2CCOCC2)c1.I. The molecule has 1 aliphatic heterocycles. The number of benzene rings is 1. The number of amides is 1. The standard InChI is InChI=1S/C15H22N4O3.HI/c1-12(20)18-13-3-2-4-14(11-13)22-8-5-17-15(16)19-6-9-21-10-7-19;/h2-4,11H,5-10H2,1H3,(H2,16,17)(H,18,20);1H. The van der Waals surface area contributed by atoms with E-state index in [-0.39, 0.29) is 29.9 Å². The number of hydrogen-bond acceptors (Lipinski definition) is 4. The molecule has 3 N–H and O–H groups in total. The van der Waals surface area contributed by atoms with Gasteiger partial charge in [-0.3, -0.25) is 4.79 Å². The van der Waals surface area contributed by atoms with Gasteiger partial charge in [-0.2, -0.15) is 0 Å². The predicted molar refractivity (Wildman–Crippen MR) is 101 cm³/mol. The Morgan fingerprint density at radius 2 is 2.17 bits per heavy atom. The van der Waals surface area contributed by atoms with Crippen molar-refractivity contribution in [2.75, 3.05) is 44.8 Å². The van der Waals surface area contributed by atoms with Gasteiger partial charge < -0.3 is 25.4 Å². The maximum atomic E-state index is 11.0. The Labute approximate surface area is 153 Å². The lowest BCUT2D eigenvalue weighted by molar-refractivity contribution is -0.114. The third-order valence-corrected chi connectivity index (χ3v) is 3.12. The van der Waals surface area contributed by atoms with Crippen molar-refractivity contribution in [3.8, 4) is 5.75 Å². The van der Waals surface area contributed by atoms with Crippen LogP contribution in [0.15, 0.2) is 29.3 Å². The number of halogens is 1. The van der Waals surface area contributed by atoms with Crippen molar-refractivity contribution < 1.29 is 14.3 Å². The molecule has 1 saturated heterocycles. The van der Waals surface area contributed by atoms with E-state index in [0.29, 0.717) is 43.8 Å². The number of carbonyl (C=O) groups excluding carboxylic acids is 1. The summed E-state index contributed by atoms with van der Waals surface area (Å²) in [6.45, 7) is 5.29. The maximum Gasteiger partial charge on any atom is 0.221 e. The molecule has 8 heteroatoms. The molecule has 128 valence electrons. The highest BCUT2D eigenvalue weighted by Crippen LogP contribution is 2.17. The second-order valence-corrected chi connectivity index (χ2v) is 4.90. The molecule has 1 amide bonds. The van der Waals surface area contributed by atoms with Gasteiger partial charge in [-0.15, -0.1) is 24.0 Å². The zero-order chi connectivity index (χ0) is 15.8. The summed E-state index contributed by atoms with van der Waals surface area (Å²) >= 11 is 0. The third-order valence-electron chi connectivity index (χ3n) is 3.12. The van der Waals surface area contributed by atoms with Gasteiger partial charge in [-0.25, -0.2) is 4.99 Å². The minimum atomic E-state index is -0.111. The molecule has 1 aromatic carbocycles. The zero-order valence-electron chi connectivity index (χ0n) is 13.2.